The van der Waals surface area contributed by atoms with Gasteiger partial charge in [0.15, 0.2) is 0 Å². The smallest absolute Gasteiger partial charge is 0.230 e. The van der Waals surface area contributed by atoms with Crippen LogP contribution in [0.3, 0.4) is 0 Å². The zero-order valence-electron chi connectivity index (χ0n) is 14.2. The van der Waals surface area contributed by atoms with Gasteiger partial charge >= 0.3 is 0 Å². The molecule has 1 atom stereocenters. The molecule has 1 aliphatic carbocycles. The highest BCUT2D eigenvalue weighted by Gasteiger charge is 2.17. The predicted molar refractivity (Wildman–Crippen MR) is 103 cm³/mol. The van der Waals surface area contributed by atoms with Crippen molar-refractivity contribution < 1.29 is 4.79 Å². The standard InChI is InChI=1S/C21H25NOS/c1-16(22-21(23)15-24-20-9-5-6-10-20)17-11-13-19(14-12-17)18-7-3-2-4-8-18/h2-4,7-8,11-14,16,20H,5-6,9-10,15H2,1H3,(H,22,23)/t16-/m0/s1. The van der Waals surface area contributed by atoms with Crippen molar-refractivity contribution >= 4 is 17.7 Å². The summed E-state index contributed by atoms with van der Waals surface area (Å²) >= 11 is 1.82. The van der Waals surface area contributed by atoms with E-state index in [4.69, 9.17) is 0 Å². The number of thioether (sulfide) groups is 1. The molecular weight excluding hydrogens is 314 g/mol. The Labute approximate surface area is 149 Å². The Hall–Kier alpha value is -1.74. The lowest BCUT2D eigenvalue weighted by molar-refractivity contribution is -0.119. The zero-order chi connectivity index (χ0) is 16.8. The molecule has 0 heterocycles. The third-order valence-electron chi connectivity index (χ3n) is 4.65. The molecule has 0 aliphatic heterocycles. The number of amides is 1. The van der Waals surface area contributed by atoms with Gasteiger partial charge in [0.1, 0.15) is 0 Å². The minimum absolute atomic E-state index is 0.0477. The molecule has 0 spiro atoms. The van der Waals surface area contributed by atoms with Gasteiger partial charge in [-0.1, -0.05) is 67.4 Å². The highest BCUT2D eigenvalue weighted by atomic mass is 32.2. The van der Waals surface area contributed by atoms with E-state index in [1.54, 1.807) is 0 Å². The van der Waals surface area contributed by atoms with Crippen LogP contribution in [-0.4, -0.2) is 16.9 Å². The predicted octanol–water partition coefficient (Wildman–Crippen LogP) is 5.21. The summed E-state index contributed by atoms with van der Waals surface area (Å²) < 4.78 is 0. The number of benzene rings is 2. The second-order valence-corrected chi connectivity index (χ2v) is 7.78. The fraction of sp³-hybridized carbons (Fsp3) is 0.381. The van der Waals surface area contributed by atoms with Gasteiger partial charge < -0.3 is 5.32 Å². The van der Waals surface area contributed by atoms with Crippen LogP contribution in [0, 0.1) is 0 Å². The van der Waals surface area contributed by atoms with Gasteiger partial charge in [-0.3, -0.25) is 4.79 Å². The molecule has 2 nitrogen and oxygen atoms in total. The Bertz CT molecular complexity index is 647. The van der Waals surface area contributed by atoms with Gasteiger partial charge in [-0.05, 0) is 36.5 Å². The van der Waals surface area contributed by atoms with Crippen LogP contribution in [0.25, 0.3) is 11.1 Å². The van der Waals surface area contributed by atoms with Crippen molar-refractivity contribution in [2.24, 2.45) is 0 Å². The lowest BCUT2D eigenvalue weighted by Gasteiger charge is -2.16. The zero-order valence-corrected chi connectivity index (χ0v) is 15.0. The third-order valence-corrected chi connectivity index (χ3v) is 6.02. The van der Waals surface area contributed by atoms with Crippen LogP contribution in [0.4, 0.5) is 0 Å². The van der Waals surface area contributed by atoms with Gasteiger partial charge in [0, 0.05) is 5.25 Å². The van der Waals surface area contributed by atoms with Gasteiger partial charge in [0.05, 0.1) is 11.8 Å². The molecule has 0 radical (unpaired) electrons. The van der Waals surface area contributed by atoms with Gasteiger partial charge in [0.2, 0.25) is 5.91 Å². The minimum atomic E-state index is 0.0477. The second kappa shape index (κ2) is 8.39. The summed E-state index contributed by atoms with van der Waals surface area (Å²) in [5.74, 6) is 0.725. The SMILES string of the molecule is C[C@H](NC(=O)CSC1CCCC1)c1ccc(-c2ccccc2)cc1. The molecule has 1 saturated carbocycles. The van der Waals surface area contributed by atoms with Crippen molar-refractivity contribution in [3.05, 3.63) is 60.2 Å². The van der Waals surface area contributed by atoms with Crippen LogP contribution in [0.5, 0.6) is 0 Å². The van der Waals surface area contributed by atoms with Gasteiger partial charge in [-0.15, -0.1) is 11.8 Å². The molecule has 0 unspecified atom stereocenters. The molecule has 0 aromatic heterocycles. The van der Waals surface area contributed by atoms with E-state index in [0.717, 1.165) is 5.56 Å². The Morgan fingerprint density at radius 2 is 1.67 bits per heavy atom. The largest absolute Gasteiger partial charge is 0.349 e. The Morgan fingerprint density at radius 3 is 2.33 bits per heavy atom. The average Bonchev–Trinajstić information content (AvgIpc) is 3.14. The summed E-state index contributed by atoms with van der Waals surface area (Å²) in [6.45, 7) is 2.05. The number of carbonyl (C=O) groups excluding carboxylic acids is 1. The summed E-state index contributed by atoms with van der Waals surface area (Å²) in [7, 11) is 0. The molecule has 0 bridgehead atoms. The molecule has 2 aromatic carbocycles. The van der Waals surface area contributed by atoms with E-state index in [0.29, 0.717) is 11.0 Å². The number of nitrogens with one attached hydrogen (secondary N) is 1. The first-order valence-electron chi connectivity index (χ1n) is 8.79. The lowest BCUT2D eigenvalue weighted by atomic mass is 10.0. The molecule has 3 heteroatoms. The van der Waals surface area contributed by atoms with Gasteiger partial charge in [-0.25, -0.2) is 0 Å². The van der Waals surface area contributed by atoms with E-state index in [2.05, 4.69) is 48.6 Å². The van der Waals surface area contributed by atoms with Crippen molar-refractivity contribution in [2.45, 2.75) is 43.9 Å². The van der Waals surface area contributed by atoms with Crippen LogP contribution < -0.4 is 5.32 Å². The van der Waals surface area contributed by atoms with Crippen molar-refractivity contribution in [1.29, 1.82) is 0 Å². The van der Waals surface area contributed by atoms with E-state index in [-0.39, 0.29) is 11.9 Å². The molecule has 1 aliphatic rings. The molecular formula is C21H25NOS. The summed E-state index contributed by atoms with van der Waals surface area (Å²) in [6.07, 6.45) is 5.19. The lowest BCUT2D eigenvalue weighted by Crippen LogP contribution is -2.28. The minimum Gasteiger partial charge on any atom is -0.349 e. The molecule has 3 rings (SSSR count). The average molecular weight is 340 g/mol. The maximum Gasteiger partial charge on any atom is 0.230 e. The highest BCUT2D eigenvalue weighted by molar-refractivity contribution is 8.00. The maximum absolute atomic E-state index is 12.1. The van der Waals surface area contributed by atoms with E-state index in [9.17, 15) is 4.79 Å². The van der Waals surface area contributed by atoms with Crippen LogP contribution in [-0.2, 0) is 4.79 Å². The van der Waals surface area contributed by atoms with Crippen molar-refractivity contribution in [2.75, 3.05) is 5.75 Å². The highest BCUT2D eigenvalue weighted by Crippen LogP contribution is 2.29. The topological polar surface area (TPSA) is 29.1 Å². The number of rotatable bonds is 6. The van der Waals surface area contributed by atoms with E-state index < -0.39 is 0 Å². The Kier molecular flexibility index (Phi) is 5.97. The normalized spacial score (nSPS) is 16.0. The molecule has 0 saturated heterocycles. The molecule has 2 aromatic rings. The molecule has 126 valence electrons. The molecule has 1 fully saturated rings. The molecule has 1 N–H and O–H groups in total. The van der Waals surface area contributed by atoms with Crippen LogP contribution >= 0.6 is 11.8 Å². The Balaban J connectivity index is 1.52. The number of hydrogen-bond donors (Lipinski definition) is 1. The maximum atomic E-state index is 12.1. The van der Waals surface area contributed by atoms with Gasteiger partial charge in [-0.2, -0.15) is 0 Å². The summed E-state index contributed by atoms with van der Waals surface area (Å²) in [5, 5.41) is 3.81. The quantitative estimate of drug-likeness (QED) is 0.783. The van der Waals surface area contributed by atoms with Crippen LogP contribution in [0.2, 0.25) is 0 Å². The monoisotopic (exact) mass is 339 g/mol. The van der Waals surface area contributed by atoms with E-state index in [1.807, 2.05) is 30.0 Å². The molecule has 1 amide bonds. The van der Waals surface area contributed by atoms with E-state index in [1.165, 1.54) is 36.8 Å². The first kappa shape index (κ1) is 17.1. The molecule has 24 heavy (non-hydrogen) atoms. The van der Waals surface area contributed by atoms with E-state index >= 15 is 0 Å². The number of carbonyl (C=O) groups is 1. The Morgan fingerprint density at radius 1 is 1.04 bits per heavy atom. The summed E-state index contributed by atoms with van der Waals surface area (Å²) in [5.41, 5.74) is 3.57. The van der Waals surface area contributed by atoms with Gasteiger partial charge in [0.25, 0.3) is 0 Å². The first-order valence-corrected chi connectivity index (χ1v) is 9.83. The van der Waals surface area contributed by atoms with Crippen LogP contribution in [0.1, 0.15) is 44.2 Å². The summed E-state index contributed by atoms with van der Waals surface area (Å²) in [6, 6.07) is 18.9. The third kappa shape index (κ3) is 4.64. The fourth-order valence-corrected chi connectivity index (χ4v) is 4.35. The summed E-state index contributed by atoms with van der Waals surface area (Å²) in [4.78, 5) is 12.1. The van der Waals surface area contributed by atoms with Crippen molar-refractivity contribution in [3.8, 4) is 11.1 Å². The number of hydrogen-bond acceptors (Lipinski definition) is 2. The fourth-order valence-electron chi connectivity index (χ4n) is 3.21. The van der Waals surface area contributed by atoms with Crippen LogP contribution in [0.15, 0.2) is 54.6 Å². The second-order valence-electron chi connectivity index (χ2n) is 6.49. The van der Waals surface area contributed by atoms with Crippen molar-refractivity contribution in [1.82, 2.24) is 5.32 Å². The first-order chi connectivity index (χ1) is 11.7. The van der Waals surface area contributed by atoms with Crippen molar-refractivity contribution in [3.63, 3.8) is 0 Å².